The molecule has 1 aliphatic rings. The van der Waals surface area contributed by atoms with Crippen LogP contribution in [0.2, 0.25) is 0 Å². The molecule has 5 nitrogen and oxygen atoms in total. The monoisotopic (exact) mass is 380 g/mol. The molecule has 1 N–H and O–H groups in total. The van der Waals surface area contributed by atoms with Crippen LogP contribution in [-0.4, -0.2) is 49.0 Å². The Morgan fingerprint density at radius 1 is 1.00 bits per heavy atom. The van der Waals surface area contributed by atoms with Crippen molar-refractivity contribution in [1.82, 2.24) is 9.88 Å². The summed E-state index contributed by atoms with van der Waals surface area (Å²) in [7, 11) is 2.14. The minimum atomic E-state index is -0.0986. The van der Waals surface area contributed by atoms with Crippen molar-refractivity contribution in [2.24, 2.45) is 0 Å². The van der Waals surface area contributed by atoms with E-state index in [2.05, 4.69) is 73.0 Å². The highest BCUT2D eigenvalue weighted by molar-refractivity contribution is 6.05. The second-order valence-corrected chi connectivity index (χ2v) is 8.30. The third-order valence-corrected chi connectivity index (χ3v) is 5.47. The molecule has 2 heterocycles. The molecule has 0 bridgehead atoms. The van der Waals surface area contributed by atoms with E-state index >= 15 is 0 Å². The molecule has 28 heavy (non-hydrogen) atoms. The largest absolute Gasteiger partial charge is 0.368 e. The first kappa shape index (κ1) is 20.3. The Labute approximate surface area is 168 Å². The number of carbonyl (C=O) groups excluding carboxylic acids is 1. The Morgan fingerprint density at radius 2 is 1.61 bits per heavy atom. The SMILES string of the molecule is CC(C)c1cccc(C(C)C)c1NC(=O)c1cncc(N2CCN(C)CC2)c1. The molecular weight excluding hydrogens is 348 g/mol. The van der Waals surface area contributed by atoms with E-state index in [0.29, 0.717) is 17.4 Å². The predicted molar refractivity (Wildman–Crippen MR) is 117 cm³/mol. The Hall–Kier alpha value is -2.40. The van der Waals surface area contributed by atoms with Gasteiger partial charge in [-0.25, -0.2) is 0 Å². The van der Waals surface area contributed by atoms with Gasteiger partial charge in [0.25, 0.3) is 5.91 Å². The van der Waals surface area contributed by atoms with E-state index < -0.39 is 0 Å². The molecule has 1 aromatic carbocycles. The van der Waals surface area contributed by atoms with Gasteiger partial charge in [-0.2, -0.15) is 0 Å². The molecule has 0 spiro atoms. The molecule has 0 aliphatic carbocycles. The predicted octanol–water partition coefficient (Wildman–Crippen LogP) is 4.33. The molecule has 1 amide bonds. The summed E-state index contributed by atoms with van der Waals surface area (Å²) in [5.74, 6) is 0.575. The second-order valence-electron chi connectivity index (χ2n) is 8.30. The van der Waals surface area contributed by atoms with Crippen molar-refractivity contribution in [3.8, 4) is 0 Å². The lowest BCUT2D eigenvalue weighted by atomic mass is 9.92. The molecule has 1 aliphatic heterocycles. The lowest BCUT2D eigenvalue weighted by Gasteiger charge is -2.33. The molecule has 1 fully saturated rings. The Kier molecular flexibility index (Phi) is 6.35. The zero-order valence-electron chi connectivity index (χ0n) is 17.7. The minimum Gasteiger partial charge on any atom is -0.368 e. The van der Waals surface area contributed by atoms with Crippen molar-refractivity contribution in [2.75, 3.05) is 43.4 Å². The maximum absolute atomic E-state index is 13.1. The number of benzene rings is 1. The van der Waals surface area contributed by atoms with Crippen molar-refractivity contribution in [3.63, 3.8) is 0 Å². The molecule has 5 heteroatoms. The lowest BCUT2D eigenvalue weighted by Crippen LogP contribution is -2.44. The average Bonchev–Trinajstić information content (AvgIpc) is 2.68. The fraction of sp³-hybridized carbons (Fsp3) is 0.478. The summed E-state index contributed by atoms with van der Waals surface area (Å²) in [6.45, 7) is 12.6. The molecule has 1 aromatic heterocycles. The van der Waals surface area contributed by atoms with Crippen LogP contribution in [0.3, 0.4) is 0 Å². The maximum atomic E-state index is 13.1. The molecule has 150 valence electrons. The van der Waals surface area contributed by atoms with Gasteiger partial charge in [0, 0.05) is 38.1 Å². The van der Waals surface area contributed by atoms with Gasteiger partial charge in [0.05, 0.1) is 17.4 Å². The number of aromatic nitrogens is 1. The van der Waals surface area contributed by atoms with Crippen molar-refractivity contribution >= 4 is 17.3 Å². The highest BCUT2D eigenvalue weighted by atomic mass is 16.1. The first-order valence-electron chi connectivity index (χ1n) is 10.2. The molecule has 0 saturated carbocycles. The second kappa shape index (κ2) is 8.74. The van der Waals surface area contributed by atoms with Crippen LogP contribution >= 0.6 is 0 Å². The Balaban J connectivity index is 1.85. The summed E-state index contributed by atoms with van der Waals surface area (Å²) < 4.78 is 0. The number of nitrogens with zero attached hydrogens (tertiary/aromatic N) is 3. The molecular formula is C23H32N4O. The van der Waals surface area contributed by atoms with Gasteiger partial charge in [-0.05, 0) is 36.1 Å². The highest BCUT2D eigenvalue weighted by Crippen LogP contribution is 2.32. The molecule has 2 aromatic rings. The van der Waals surface area contributed by atoms with Crippen LogP contribution in [0.4, 0.5) is 11.4 Å². The molecule has 0 atom stereocenters. The third-order valence-electron chi connectivity index (χ3n) is 5.47. The average molecular weight is 381 g/mol. The van der Waals surface area contributed by atoms with Crippen LogP contribution in [0.15, 0.2) is 36.7 Å². The van der Waals surface area contributed by atoms with Crippen molar-refractivity contribution in [1.29, 1.82) is 0 Å². The van der Waals surface area contributed by atoms with Gasteiger partial charge in [-0.3, -0.25) is 9.78 Å². The van der Waals surface area contributed by atoms with Crippen LogP contribution in [0.25, 0.3) is 0 Å². The standard InChI is InChI=1S/C23H32N4O/c1-16(2)20-7-6-8-21(17(3)4)22(20)25-23(28)18-13-19(15-24-14-18)27-11-9-26(5)10-12-27/h6-8,13-17H,9-12H2,1-5H3,(H,25,28). The number of carbonyl (C=O) groups is 1. The van der Waals surface area contributed by atoms with Gasteiger partial charge in [0.1, 0.15) is 0 Å². The minimum absolute atomic E-state index is 0.0986. The number of para-hydroxylation sites is 1. The Bertz CT molecular complexity index is 797. The van der Waals surface area contributed by atoms with E-state index in [4.69, 9.17) is 0 Å². The van der Waals surface area contributed by atoms with Crippen molar-refractivity contribution < 1.29 is 4.79 Å². The summed E-state index contributed by atoms with van der Waals surface area (Å²) in [5, 5.41) is 3.19. The number of likely N-dealkylation sites (N-methyl/N-ethyl adjacent to an activating group) is 1. The van der Waals surface area contributed by atoms with Gasteiger partial charge < -0.3 is 15.1 Å². The fourth-order valence-electron chi connectivity index (χ4n) is 3.67. The van der Waals surface area contributed by atoms with Crippen LogP contribution in [0.5, 0.6) is 0 Å². The first-order valence-corrected chi connectivity index (χ1v) is 10.2. The van der Waals surface area contributed by atoms with E-state index in [1.54, 1.807) is 6.20 Å². The van der Waals surface area contributed by atoms with Gasteiger partial charge in [-0.1, -0.05) is 45.9 Å². The number of pyridine rings is 1. The van der Waals surface area contributed by atoms with Crippen LogP contribution in [0.1, 0.15) is 61.0 Å². The fourth-order valence-corrected chi connectivity index (χ4v) is 3.67. The summed E-state index contributed by atoms with van der Waals surface area (Å²) in [6.07, 6.45) is 3.51. The number of amides is 1. The van der Waals surface area contributed by atoms with Crippen LogP contribution in [0, 0.1) is 0 Å². The maximum Gasteiger partial charge on any atom is 0.257 e. The van der Waals surface area contributed by atoms with E-state index in [0.717, 1.165) is 37.6 Å². The highest BCUT2D eigenvalue weighted by Gasteiger charge is 2.19. The lowest BCUT2D eigenvalue weighted by molar-refractivity contribution is 0.102. The summed E-state index contributed by atoms with van der Waals surface area (Å²) >= 11 is 0. The topological polar surface area (TPSA) is 48.5 Å². The van der Waals surface area contributed by atoms with Gasteiger partial charge >= 0.3 is 0 Å². The van der Waals surface area contributed by atoms with Crippen molar-refractivity contribution in [2.45, 2.75) is 39.5 Å². The number of hydrogen-bond acceptors (Lipinski definition) is 4. The van der Waals surface area contributed by atoms with E-state index in [1.165, 1.54) is 11.1 Å². The van der Waals surface area contributed by atoms with E-state index in [-0.39, 0.29) is 5.91 Å². The summed E-state index contributed by atoms with van der Waals surface area (Å²) in [4.78, 5) is 22.0. The summed E-state index contributed by atoms with van der Waals surface area (Å²) in [6, 6.07) is 8.24. The van der Waals surface area contributed by atoms with Gasteiger partial charge in [0.2, 0.25) is 0 Å². The normalized spacial score (nSPS) is 15.3. The van der Waals surface area contributed by atoms with Crippen LogP contribution < -0.4 is 10.2 Å². The number of nitrogens with one attached hydrogen (secondary N) is 1. The van der Waals surface area contributed by atoms with Crippen LogP contribution in [-0.2, 0) is 0 Å². The number of rotatable bonds is 5. The van der Waals surface area contributed by atoms with Gasteiger partial charge in [0.15, 0.2) is 0 Å². The zero-order chi connectivity index (χ0) is 20.3. The molecule has 3 rings (SSSR count). The molecule has 1 saturated heterocycles. The first-order chi connectivity index (χ1) is 13.4. The quantitative estimate of drug-likeness (QED) is 0.839. The van der Waals surface area contributed by atoms with E-state index in [9.17, 15) is 4.79 Å². The number of anilines is 2. The summed E-state index contributed by atoms with van der Waals surface area (Å²) in [5.41, 5.74) is 4.90. The Morgan fingerprint density at radius 3 is 2.18 bits per heavy atom. The number of hydrogen-bond donors (Lipinski definition) is 1. The molecule has 0 unspecified atom stereocenters. The number of piperazine rings is 1. The smallest absolute Gasteiger partial charge is 0.257 e. The molecule has 0 radical (unpaired) electrons. The zero-order valence-corrected chi connectivity index (χ0v) is 17.7. The van der Waals surface area contributed by atoms with Gasteiger partial charge in [-0.15, -0.1) is 0 Å². The third kappa shape index (κ3) is 4.53. The van der Waals surface area contributed by atoms with Crippen molar-refractivity contribution in [3.05, 3.63) is 53.3 Å². The van der Waals surface area contributed by atoms with E-state index in [1.807, 2.05) is 12.3 Å².